The highest BCUT2D eigenvalue weighted by Gasteiger charge is 2.35. The van der Waals surface area contributed by atoms with Crippen LogP contribution in [0.2, 0.25) is 5.02 Å². The van der Waals surface area contributed by atoms with Crippen molar-refractivity contribution in [3.05, 3.63) is 58.6 Å². The van der Waals surface area contributed by atoms with Crippen molar-refractivity contribution in [1.82, 2.24) is 5.32 Å². The predicted octanol–water partition coefficient (Wildman–Crippen LogP) is 3.83. The number of hydrogen-bond acceptors (Lipinski definition) is 4. The van der Waals surface area contributed by atoms with E-state index in [1.54, 1.807) is 24.3 Å². The van der Waals surface area contributed by atoms with Gasteiger partial charge in [-0.2, -0.15) is 0 Å². The standard InChI is InChI=1S/C21H25ClN2O4S/c1-14-5-10-19-17(11-14)18(12-21(2,3)28-19)23-20(25)13-24(29(4,26)27)16-8-6-15(22)7-9-16/h5-11,18H,12-13H2,1-4H3,(H,23,25). The molecule has 156 valence electrons. The summed E-state index contributed by atoms with van der Waals surface area (Å²) in [7, 11) is -3.65. The molecule has 1 atom stereocenters. The quantitative estimate of drug-likeness (QED) is 0.772. The molecular weight excluding hydrogens is 412 g/mol. The molecule has 0 saturated carbocycles. The topological polar surface area (TPSA) is 75.7 Å². The van der Waals surface area contributed by atoms with E-state index < -0.39 is 15.6 Å². The molecule has 3 rings (SSSR count). The van der Waals surface area contributed by atoms with Crippen molar-refractivity contribution in [3.8, 4) is 5.75 Å². The zero-order valence-electron chi connectivity index (χ0n) is 16.9. The summed E-state index contributed by atoms with van der Waals surface area (Å²) in [6, 6.07) is 11.9. The van der Waals surface area contributed by atoms with E-state index in [0.717, 1.165) is 27.4 Å². The number of benzene rings is 2. The highest BCUT2D eigenvalue weighted by molar-refractivity contribution is 7.92. The van der Waals surface area contributed by atoms with Gasteiger partial charge >= 0.3 is 0 Å². The molecule has 0 saturated heterocycles. The number of rotatable bonds is 5. The molecular formula is C21H25ClN2O4S. The van der Waals surface area contributed by atoms with Crippen molar-refractivity contribution < 1.29 is 17.9 Å². The van der Waals surface area contributed by atoms with Crippen LogP contribution in [0.25, 0.3) is 0 Å². The average molecular weight is 437 g/mol. The number of carbonyl (C=O) groups is 1. The van der Waals surface area contributed by atoms with Gasteiger partial charge < -0.3 is 10.1 Å². The Hall–Kier alpha value is -2.25. The van der Waals surface area contributed by atoms with Gasteiger partial charge in [0.2, 0.25) is 15.9 Å². The lowest BCUT2D eigenvalue weighted by Crippen LogP contribution is -2.45. The molecule has 0 fully saturated rings. The van der Waals surface area contributed by atoms with Gasteiger partial charge in [0.15, 0.2) is 0 Å². The molecule has 2 aromatic carbocycles. The Morgan fingerprint density at radius 2 is 1.90 bits per heavy atom. The lowest BCUT2D eigenvalue weighted by atomic mass is 9.89. The number of anilines is 1. The van der Waals surface area contributed by atoms with Crippen LogP contribution in [0.5, 0.6) is 5.75 Å². The van der Waals surface area contributed by atoms with Crippen LogP contribution < -0.4 is 14.4 Å². The molecule has 0 radical (unpaired) electrons. The fourth-order valence-electron chi connectivity index (χ4n) is 3.48. The lowest BCUT2D eigenvalue weighted by molar-refractivity contribution is -0.120. The van der Waals surface area contributed by atoms with Gasteiger partial charge in [0.05, 0.1) is 18.0 Å². The molecule has 1 N–H and O–H groups in total. The number of halogens is 1. The van der Waals surface area contributed by atoms with E-state index in [0.29, 0.717) is 17.1 Å². The van der Waals surface area contributed by atoms with Crippen molar-refractivity contribution >= 4 is 33.2 Å². The SMILES string of the molecule is Cc1ccc2c(c1)C(NC(=O)CN(c1ccc(Cl)cc1)S(C)(=O)=O)CC(C)(C)O2. The molecule has 1 aliphatic rings. The molecule has 0 spiro atoms. The number of fused-ring (bicyclic) bond motifs is 1. The second kappa shape index (κ2) is 7.88. The number of ether oxygens (including phenoxy) is 1. The summed E-state index contributed by atoms with van der Waals surface area (Å²) in [4.78, 5) is 12.8. The van der Waals surface area contributed by atoms with Crippen LogP contribution in [0, 0.1) is 6.92 Å². The van der Waals surface area contributed by atoms with Crippen LogP contribution in [0.1, 0.15) is 37.4 Å². The molecule has 1 amide bonds. The Labute approximate surface area is 176 Å². The van der Waals surface area contributed by atoms with Crippen LogP contribution in [-0.2, 0) is 14.8 Å². The first kappa shape index (κ1) is 21.5. The molecule has 0 aliphatic carbocycles. The number of sulfonamides is 1. The van der Waals surface area contributed by atoms with Gasteiger partial charge in [-0.3, -0.25) is 9.10 Å². The third-order valence-electron chi connectivity index (χ3n) is 4.76. The van der Waals surface area contributed by atoms with Crippen molar-refractivity contribution in [2.75, 3.05) is 17.1 Å². The maximum Gasteiger partial charge on any atom is 0.241 e. The van der Waals surface area contributed by atoms with E-state index in [9.17, 15) is 13.2 Å². The molecule has 1 unspecified atom stereocenters. The molecule has 0 bridgehead atoms. The van der Waals surface area contributed by atoms with Gasteiger partial charge in [-0.25, -0.2) is 8.42 Å². The third-order valence-corrected chi connectivity index (χ3v) is 6.15. The molecule has 6 nitrogen and oxygen atoms in total. The number of nitrogens with one attached hydrogen (secondary N) is 1. The van der Waals surface area contributed by atoms with E-state index in [2.05, 4.69) is 5.32 Å². The smallest absolute Gasteiger partial charge is 0.241 e. The van der Waals surface area contributed by atoms with E-state index in [1.165, 1.54) is 0 Å². The minimum atomic E-state index is -3.65. The Balaban J connectivity index is 1.83. The first-order valence-corrected chi connectivity index (χ1v) is 11.5. The van der Waals surface area contributed by atoms with Gasteiger partial charge in [-0.05, 0) is 51.1 Å². The summed E-state index contributed by atoms with van der Waals surface area (Å²) >= 11 is 5.89. The van der Waals surface area contributed by atoms with E-state index in [1.807, 2.05) is 39.0 Å². The monoisotopic (exact) mass is 436 g/mol. The second-order valence-electron chi connectivity index (χ2n) is 7.97. The summed E-state index contributed by atoms with van der Waals surface area (Å²) < 4.78 is 31.7. The molecule has 29 heavy (non-hydrogen) atoms. The highest BCUT2D eigenvalue weighted by atomic mass is 35.5. The summed E-state index contributed by atoms with van der Waals surface area (Å²) in [5.41, 5.74) is 1.89. The summed E-state index contributed by atoms with van der Waals surface area (Å²) in [6.45, 7) is 5.58. The zero-order valence-corrected chi connectivity index (χ0v) is 18.5. The number of carbonyl (C=O) groups excluding carboxylic acids is 1. The predicted molar refractivity (Wildman–Crippen MR) is 115 cm³/mol. The Kier molecular flexibility index (Phi) is 5.83. The molecule has 2 aromatic rings. The summed E-state index contributed by atoms with van der Waals surface area (Å²) in [6.07, 6.45) is 1.65. The number of nitrogens with zero attached hydrogens (tertiary/aromatic N) is 1. The fourth-order valence-corrected chi connectivity index (χ4v) is 4.46. The van der Waals surface area contributed by atoms with Crippen LogP contribution in [0.4, 0.5) is 5.69 Å². The van der Waals surface area contributed by atoms with Crippen molar-refractivity contribution in [3.63, 3.8) is 0 Å². The Morgan fingerprint density at radius 3 is 2.52 bits per heavy atom. The third kappa shape index (κ3) is 5.22. The maximum absolute atomic E-state index is 12.8. The minimum Gasteiger partial charge on any atom is -0.487 e. The van der Waals surface area contributed by atoms with Crippen LogP contribution >= 0.6 is 11.6 Å². The number of aryl methyl sites for hydroxylation is 1. The molecule has 1 aliphatic heterocycles. The minimum absolute atomic E-state index is 0.271. The zero-order chi connectivity index (χ0) is 21.4. The summed E-state index contributed by atoms with van der Waals surface area (Å²) in [5.74, 6) is 0.343. The average Bonchev–Trinajstić information content (AvgIpc) is 2.60. The van der Waals surface area contributed by atoms with Gasteiger partial charge in [0, 0.05) is 17.0 Å². The van der Waals surface area contributed by atoms with Crippen molar-refractivity contribution in [2.45, 2.75) is 38.8 Å². The first-order chi connectivity index (χ1) is 13.4. The van der Waals surface area contributed by atoms with E-state index >= 15 is 0 Å². The highest BCUT2D eigenvalue weighted by Crippen LogP contribution is 2.39. The lowest BCUT2D eigenvalue weighted by Gasteiger charge is -2.38. The van der Waals surface area contributed by atoms with E-state index in [-0.39, 0.29) is 18.5 Å². The fraction of sp³-hybridized carbons (Fsp3) is 0.381. The van der Waals surface area contributed by atoms with Gasteiger partial charge in [0.25, 0.3) is 0 Å². The Morgan fingerprint density at radius 1 is 1.24 bits per heavy atom. The first-order valence-electron chi connectivity index (χ1n) is 9.27. The summed E-state index contributed by atoms with van der Waals surface area (Å²) in [5, 5.41) is 3.48. The van der Waals surface area contributed by atoms with Crippen molar-refractivity contribution in [2.24, 2.45) is 0 Å². The second-order valence-corrected chi connectivity index (χ2v) is 10.3. The van der Waals surface area contributed by atoms with Crippen LogP contribution in [0.3, 0.4) is 0 Å². The van der Waals surface area contributed by atoms with Gasteiger partial charge in [-0.15, -0.1) is 0 Å². The molecule has 1 heterocycles. The molecule has 0 aromatic heterocycles. The van der Waals surface area contributed by atoms with Crippen LogP contribution in [0.15, 0.2) is 42.5 Å². The van der Waals surface area contributed by atoms with Crippen LogP contribution in [-0.4, -0.2) is 32.7 Å². The molecule has 8 heteroatoms. The van der Waals surface area contributed by atoms with E-state index in [4.69, 9.17) is 16.3 Å². The number of hydrogen-bond donors (Lipinski definition) is 1. The Bertz CT molecular complexity index is 1020. The normalized spacial score (nSPS) is 17.8. The largest absolute Gasteiger partial charge is 0.487 e. The maximum atomic E-state index is 12.8. The van der Waals surface area contributed by atoms with Gasteiger partial charge in [0.1, 0.15) is 17.9 Å². The van der Waals surface area contributed by atoms with Crippen molar-refractivity contribution in [1.29, 1.82) is 0 Å². The number of amides is 1. The van der Waals surface area contributed by atoms with Gasteiger partial charge in [-0.1, -0.05) is 29.3 Å².